The summed E-state index contributed by atoms with van der Waals surface area (Å²) in [5, 5.41) is 3.39. The van der Waals surface area contributed by atoms with Gasteiger partial charge in [0.25, 0.3) is 5.91 Å². The summed E-state index contributed by atoms with van der Waals surface area (Å²) in [6.45, 7) is 0. The van der Waals surface area contributed by atoms with Crippen molar-refractivity contribution >= 4 is 28.5 Å². The molecule has 7 heteroatoms. The van der Waals surface area contributed by atoms with Gasteiger partial charge in [-0.25, -0.2) is 4.98 Å². The van der Waals surface area contributed by atoms with Crippen molar-refractivity contribution in [2.24, 2.45) is 0 Å². The number of hydrogen-bond donors (Lipinski definition) is 2. The molecule has 0 saturated carbocycles. The number of H-pyrrole nitrogens is 1. The van der Waals surface area contributed by atoms with Gasteiger partial charge in [0.15, 0.2) is 11.5 Å². The largest absolute Gasteiger partial charge is 0.493 e. The van der Waals surface area contributed by atoms with Gasteiger partial charge in [0.1, 0.15) is 5.82 Å². The van der Waals surface area contributed by atoms with Crippen molar-refractivity contribution in [3.05, 3.63) is 88.7 Å². The summed E-state index contributed by atoms with van der Waals surface area (Å²) in [4.78, 5) is 21.2. The molecule has 4 aromatic rings. The number of fused-ring (bicyclic) bond motifs is 1. The van der Waals surface area contributed by atoms with Gasteiger partial charge in [-0.05, 0) is 36.2 Å². The summed E-state index contributed by atoms with van der Waals surface area (Å²) in [5.41, 5.74) is 3.22. The number of amides is 1. The van der Waals surface area contributed by atoms with Gasteiger partial charge in [0.2, 0.25) is 0 Å². The van der Waals surface area contributed by atoms with Crippen molar-refractivity contribution in [1.82, 2.24) is 15.3 Å². The lowest BCUT2D eigenvalue weighted by molar-refractivity contribution is 0.0934. The van der Waals surface area contributed by atoms with Crippen molar-refractivity contribution in [2.45, 2.75) is 12.5 Å². The molecule has 0 saturated heterocycles. The molecule has 158 valence electrons. The molecule has 4 rings (SSSR count). The SMILES string of the molecule is COc1cc(C(=O)NC(Cc2ccccc2)c2nc3ccccc3[nH]2)cc(Cl)c1OC. The third kappa shape index (κ3) is 4.49. The van der Waals surface area contributed by atoms with Crippen LogP contribution in [0.25, 0.3) is 11.0 Å². The Morgan fingerprint density at radius 1 is 1.06 bits per heavy atom. The molecule has 1 atom stereocenters. The van der Waals surface area contributed by atoms with Crippen LogP contribution in [-0.2, 0) is 6.42 Å². The molecule has 1 amide bonds. The van der Waals surface area contributed by atoms with Gasteiger partial charge >= 0.3 is 0 Å². The molecule has 2 N–H and O–H groups in total. The second-order valence-electron chi connectivity index (χ2n) is 7.05. The lowest BCUT2D eigenvalue weighted by Crippen LogP contribution is -2.30. The number of aromatic amines is 1. The smallest absolute Gasteiger partial charge is 0.252 e. The monoisotopic (exact) mass is 435 g/mol. The fourth-order valence-electron chi connectivity index (χ4n) is 3.49. The van der Waals surface area contributed by atoms with Crippen LogP contribution in [0.2, 0.25) is 5.02 Å². The first-order valence-corrected chi connectivity index (χ1v) is 10.2. The molecule has 3 aromatic carbocycles. The van der Waals surface area contributed by atoms with Crippen molar-refractivity contribution in [2.75, 3.05) is 14.2 Å². The molecule has 1 unspecified atom stereocenters. The molecular formula is C24H22ClN3O3. The topological polar surface area (TPSA) is 76.2 Å². The van der Waals surface area contributed by atoms with E-state index in [2.05, 4.69) is 10.3 Å². The number of methoxy groups -OCH3 is 2. The molecule has 0 aliphatic rings. The summed E-state index contributed by atoms with van der Waals surface area (Å²) in [6, 6.07) is 20.5. The van der Waals surface area contributed by atoms with Crippen molar-refractivity contribution in [3.8, 4) is 11.5 Å². The van der Waals surface area contributed by atoms with Crippen molar-refractivity contribution in [1.29, 1.82) is 0 Å². The van der Waals surface area contributed by atoms with Crippen LogP contribution in [0.5, 0.6) is 11.5 Å². The van der Waals surface area contributed by atoms with E-state index in [0.29, 0.717) is 34.3 Å². The molecule has 0 bridgehead atoms. The number of para-hydroxylation sites is 2. The Kier molecular flexibility index (Phi) is 6.09. The van der Waals surface area contributed by atoms with E-state index >= 15 is 0 Å². The maximum atomic E-state index is 13.1. The van der Waals surface area contributed by atoms with E-state index in [1.165, 1.54) is 14.2 Å². The highest BCUT2D eigenvalue weighted by Gasteiger charge is 2.22. The van der Waals surface area contributed by atoms with E-state index in [0.717, 1.165) is 16.6 Å². The molecular weight excluding hydrogens is 414 g/mol. The van der Waals surface area contributed by atoms with Crippen LogP contribution in [0.15, 0.2) is 66.7 Å². The van der Waals surface area contributed by atoms with Gasteiger partial charge in [-0.3, -0.25) is 4.79 Å². The van der Waals surface area contributed by atoms with E-state index in [1.54, 1.807) is 12.1 Å². The summed E-state index contributed by atoms with van der Waals surface area (Å²) < 4.78 is 10.6. The summed E-state index contributed by atoms with van der Waals surface area (Å²) in [5.74, 6) is 1.18. The second-order valence-corrected chi connectivity index (χ2v) is 7.46. The number of ether oxygens (including phenoxy) is 2. The lowest BCUT2D eigenvalue weighted by Gasteiger charge is -2.18. The van der Waals surface area contributed by atoms with Gasteiger partial charge in [-0.1, -0.05) is 54.1 Å². The van der Waals surface area contributed by atoms with Gasteiger partial charge in [-0.15, -0.1) is 0 Å². The predicted molar refractivity (Wildman–Crippen MR) is 121 cm³/mol. The Morgan fingerprint density at radius 2 is 1.81 bits per heavy atom. The van der Waals surface area contributed by atoms with E-state index in [9.17, 15) is 4.79 Å². The Hall–Kier alpha value is -3.51. The molecule has 0 radical (unpaired) electrons. The number of carbonyl (C=O) groups is 1. The molecule has 0 aliphatic heterocycles. The highest BCUT2D eigenvalue weighted by Crippen LogP contribution is 2.36. The molecule has 1 heterocycles. The average molecular weight is 436 g/mol. The summed E-state index contributed by atoms with van der Waals surface area (Å²) in [6.07, 6.45) is 0.577. The Bertz CT molecular complexity index is 1170. The van der Waals surface area contributed by atoms with Crippen molar-refractivity contribution < 1.29 is 14.3 Å². The Balaban J connectivity index is 1.67. The van der Waals surface area contributed by atoms with E-state index in [-0.39, 0.29) is 11.9 Å². The third-order valence-corrected chi connectivity index (χ3v) is 5.30. The fourth-order valence-corrected chi connectivity index (χ4v) is 3.78. The predicted octanol–water partition coefficient (Wildman–Crippen LogP) is 4.95. The summed E-state index contributed by atoms with van der Waals surface area (Å²) in [7, 11) is 3.00. The van der Waals surface area contributed by atoms with Crippen LogP contribution < -0.4 is 14.8 Å². The molecule has 1 aromatic heterocycles. The quantitative estimate of drug-likeness (QED) is 0.430. The number of imidazole rings is 1. The maximum absolute atomic E-state index is 13.1. The van der Waals surface area contributed by atoms with Crippen molar-refractivity contribution in [3.63, 3.8) is 0 Å². The summed E-state index contributed by atoms with van der Waals surface area (Å²) >= 11 is 6.29. The Morgan fingerprint density at radius 3 is 2.52 bits per heavy atom. The van der Waals surface area contributed by atoms with Gasteiger partial charge in [-0.2, -0.15) is 0 Å². The maximum Gasteiger partial charge on any atom is 0.252 e. The van der Waals surface area contributed by atoms with Gasteiger partial charge < -0.3 is 19.8 Å². The number of rotatable bonds is 7. The van der Waals surface area contributed by atoms with Crippen LogP contribution >= 0.6 is 11.6 Å². The number of benzene rings is 3. The first kappa shape index (κ1) is 20.8. The van der Waals surface area contributed by atoms with Crippen LogP contribution in [-0.4, -0.2) is 30.1 Å². The molecule has 31 heavy (non-hydrogen) atoms. The lowest BCUT2D eigenvalue weighted by atomic mass is 10.0. The van der Waals surface area contributed by atoms with Crippen LogP contribution in [0.3, 0.4) is 0 Å². The number of aromatic nitrogens is 2. The number of halogens is 1. The number of hydrogen-bond acceptors (Lipinski definition) is 4. The number of nitrogens with zero attached hydrogens (tertiary/aromatic N) is 1. The fraction of sp³-hybridized carbons (Fsp3) is 0.167. The third-order valence-electron chi connectivity index (χ3n) is 5.02. The normalized spacial score (nSPS) is 11.8. The van der Waals surface area contributed by atoms with Crippen LogP contribution in [0.1, 0.15) is 27.8 Å². The zero-order chi connectivity index (χ0) is 21.8. The van der Waals surface area contributed by atoms with E-state index < -0.39 is 0 Å². The van der Waals surface area contributed by atoms with Crippen LogP contribution in [0, 0.1) is 0 Å². The van der Waals surface area contributed by atoms with E-state index in [1.807, 2.05) is 54.6 Å². The van der Waals surface area contributed by atoms with Crippen LogP contribution in [0.4, 0.5) is 0 Å². The second kappa shape index (κ2) is 9.10. The Labute approximate surface area is 185 Å². The molecule has 6 nitrogen and oxygen atoms in total. The first-order valence-electron chi connectivity index (χ1n) is 9.80. The minimum absolute atomic E-state index is 0.288. The van der Waals surface area contributed by atoms with Gasteiger partial charge in [0.05, 0.1) is 36.3 Å². The zero-order valence-corrected chi connectivity index (χ0v) is 17.9. The molecule has 0 fully saturated rings. The molecule has 0 spiro atoms. The van der Waals surface area contributed by atoms with Gasteiger partial charge in [0, 0.05) is 5.56 Å². The average Bonchev–Trinajstić information content (AvgIpc) is 3.23. The minimum Gasteiger partial charge on any atom is -0.493 e. The van der Waals surface area contributed by atoms with E-state index in [4.69, 9.17) is 26.1 Å². The highest BCUT2D eigenvalue weighted by atomic mass is 35.5. The standard InChI is InChI=1S/C24H22ClN3O3/c1-30-21-14-16(13-17(25)22(21)31-2)24(29)28-20(12-15-8-4-3-5-9-15)23-26-18-10-6-7-11-19(18)27-23/h3-11,13-14,20H,12H2,1-2H3,(H,26,27)(H,28,29). The first-order chi connectivity index (χ1) is 15.1. The minimum atomic E-state index is -0.367. The number of carbonyl (C=O) groups excluding carboxylic acids is 1. The highest BCUT2D eigenvalue weighted by molar-refractivity contribution is 6.32. The molecule has 0 aliphatic carbocycles. The zero-order valence-electron chi connectivity index (χ0n) is 17.2. The number of nitrogens with one attached hydrogen (secondary N) is 2.